The number of fused-ring (bicyclic) bond motifs is 1. The van der Waals surface area contributed by atoms with Crippen LogP contribution in [0.1, 0.15) is 51.3 Å². The number of pyridine rings is 1. The summed E-state index contributed by atoms with van der Waals surface area (Å²) in [4.78, 5) is 4.28. The Labute approximate surface area is 145 Å². The number of hydrogen-bond donors (Lipinski definition) is 0. The van der Waals surface area contributed by atoms with Gasteiger partial charge in [0, 0.05) is 12.4 Å². The Bertz CT molecular complexity index is 839. The topological polar surface area (TPSA) is 12.9 Å². The molecular formula is C23H27N. The zero-order valence-corrected chi connectivity index (χ0v) is 15.4. The van der Waals surface area contributed by atoms with E-state index in [1.165, 1.54) is 27.5 Å². The molecule has 1 heteroatoms. The molecule has 0 spiro atoms. The molecule has 0 aliphatic carbocycles. The quantitative estimate of drug-likeness (QED) is 0.573. The summed E-state index contributed by atoms with van der Waals surface area (Å²) in [7, 11) is 0. The van der Waals surface area contributed by atoms with E-state index in [0.29, 0.717) is 0 Å². The van der Waals surface area contributed by atoms with E-state index in [9.17, 15) is 0 Å². The SMILES string of the molecule is CC(C)(C)c1ccc2ccc(CC(C)(C)c3cccnc3)cc2c1. The average Bonchev–Trinajstić information content (AvgIpc) is 2.54. The summed E-state index contributed by atoms with van der Waals surface area (Å²) in [5.41, 5.74) is 4.30. The molecule has 0 atom stereocenters. The van der Waals surface area contributed by atoms with Crippen LogP contribution in [-0.4, -0.2) is 4.98 Å². The van der Waals surface area contributed by atoms with Crippen molar-refractivity contribution in [2.45, 2.75) is 51.9 Å². The standard InChI is InChI=1S/C23H27N/c1-22(2,3)20-11-10-18-9-8-17(13-19(18)14-20)15-23(4,5)21-7-6-12-24-16-21/h6-14,16H,15H2,1-5H3. The molecular weight excluding hydrogens is 290 g/mol. The van der Waals surface area contributed by atoms with E-state index in [1.54, 1.807) is 0 Å². The van der Waals surface area contributed by atoms with Crippen molar-refractivity contribution in [3.05, 3.63) is 77.6 Å². The van der Waals surface area contributed by atoms with Crippen LogP contribution in [0.4, 0.5) is 0 Å². The Kier molecular flexibility index (Phi) is 4.21. The van der Waals surface area contributed by atoms with Crippen LogP contribution in [0.15, 0.2) is 60.9 Å². The van der Waals surface area contributed by atoms with Crippen molar-refractivity contribution in [2.24, 2.45) is 0 Å². The van der Waals surface area contributed by atoms with Crippen molar-refractivity contribution < 1.29 is 0 Å². The maximum atomic E-state index is 4.28. The third-order valence-electron chi connectivity index (χ3n) is 4.86. The molecule has 0 amide bonds. The van der Waals surface area contributed by atoms with E-state index < -0.39 is 0 Å². The molecule has 124 valence electrons. The molecule has 0 unspecified atom stereocenters. The minimum atomic E-state index is 0.0730. The van der Waals surface area contributed by atoms with Crippen molar-refractivity contribution in [3.8, 4) is 0 Å². The molecule has 1 aromatic heterocycles. The summed E-state index contributed by atoms with van der Waals surface area (Å²) >= 11 is 0. The first-order chi connectivity index (χ1) is 11.3. The third kappa shape index (κ3) is 3.51. The largest absolute Gasteiger partial charge is 0.264 e. The monoisotopic (exact) mass is 317 g/mol. The number of nitrogens with zero attached hydrogens (tertiary/aromatic N) is 1. The minimum Gasteiger partial charge on any atom is -0.264 e. The lowest BCUT2D eigenvalue weighted by Crippen LogP contribution is -2.20. The first-order valence-electron chi connectivity index (χ1n) is 8.69. The molecule has 0 N–H and O–H groups in total. The molecule has 2 aromatic carbocycles. The highest BCUT2D eigenvalue weighted by Crippen LogP contribution is 2.30. The van der Waals surface area contributed by atoms with Gasteiger partial charge in [-0.3, -0.25) is 4.98 Å². The van der Waals surface area contributed by atoms with E-state index >= 15 is 0 Å². The molecule has 1 heterocycles. The van der Waals surface area contributed by atoms with Gasteiger partial charge in [0.2, 0.25) is 0 Å². The van der Waals surface area contributed by atoms with Gasteiger partial charge in [0.1, 0.15) is 0 Å². The Balaban J connectivity index is 1.95. The van der Waals surface area contributed by atoms with Gasteiger partial charge in [-0.15, -0.1) is 0 Å². The van der Waals surface area contributed by atoms with Gasteiger partial charge in [-0.2, -0.15) is 0 Å². The lowest BCUT2D eigenvalue weighted by Gasteiger charge is -2.25. The second kappa shape index (κ2) is 6.05. The van der Waals surface area contributed by atoms with Gasteiger partial charge in [-0.05, 0) is 50.8 Å². The first-order valence-corrected chi connectivity index (χ1v) is 8.69. The molecule has 1 nitrogen and oxygen atoms in total. The van der Waals surface area contributed by atoms with E-state index in [2.05, 4.69) is 82.1 Å². The molecule has 0 radical (unpaired) electrons. The fourth-order valence-electron chi connectivity index (χ4n) is 3.25. The summed E-state index contributed by atoms with van der Waals surface area (Å²) in [5.74, 6) is 0. The molecule has 0 aliphatic rings. The van der Waals surface area contributed by atoms with Crippen molar-refractivity contribution in [1.29, 1.82) is 0 Å². The van der Waals surface area contributed by atoms with Gasteiger partial charge in [-0.1, -0.05) is 77.1 Å². The third-order valence-corrected chi connectivity index (χ3v) is 4.86. The Morgan fingerprint density at radius 2 is 1.54 bits per heavy atom. The van der Waals surface area contributed by atoms with E-state index in [1.807, 2.05) is 18.5 Å². The van der Waals surface area contributed by atoms with Gasteiger partial charge in [0.15, 0.2) is 0 Å². The normalized spacial score (nSPS) is 12.5. The highest BCUT2D eigenvalue weighted by atomic mass is 14.6. The van der Waals surface area contributed by atoms with Gasteiger partial charge >= 0.3 is 0 Å². The lowest BCUT2D eigenvalue weighted by molar-refractivity contribution is 0.520. The second-order valence-corrected chi connectivity index (χ2v) is 8.45. The maximum Gasteiger partial charge on any atom is 0.0305 e. The number of hydrogen-bond acceptors (Lipinski definition) is 1. The van der Waals surface area contributed by atoms with E-state index in [-0.39, 0.29) is 10.8 Å². The summed E-state index contributed by atoms with van der Waals surface area (Å²) < 4.78 is 0. The number of benzene rings is 2. The minimum absolute atomic E-state index is 0.0730. The van der Waals surface area contributed by atoms with Gasteiger partial charge in [0.05, 0.1) is 0 Å². The van der Waals surface area contributed by atoms with Crippen molar-refractivity contribution in [1.82, 2.24) is 4.98 Å². The van der Waals surface area contributed by atoms with Crippen LogP contribution in [-0.2, 0) is 17.3 Å². The first kappa shape index (κ1) is 16.7. The van der Waals surface area contributed by atoms with Crippen LogP contribution in [0.2, 0.25) is 0 Å². The fraction of sp³-hybridized carbons (Fsp3) is 0.348. The molecule has 24 heavy (non-hydrogen) atoms. The Morgan fingerprint density at radius 3 is 2.21 bits per heavy atom. The summed E-state index contributed by atoms with van der Waals surface area (Å²) in [6.07, 6.45) is 4.83. The Hall–Kier alpha value is -2.15. The van der Waals surface area contributed by atoms with Crippen LogP contribution in [0.5, 0.6) is 0 Å². The Morgan fingerprint density at radius 1 is 0.792 bits per heavy atom. The summed E-state index contributed by atoms with van der Waals surface area (Å²) in [6, 6.07) is 17.9. The highest BCUT2D eigenvalue weighted by Gasteiger charge is 2.21. The van der Waals surface area contributed by atoms with Crippen LogP contribution in [0.3, 0.4) is 0 Å². The van der Waals surface area contributed by atoms with Crippen LogP contribution in [0.25, 0.3) is 10.8 Å². The highest BCUT2D eigenvalue weighted by molar-refractivity contribution is 5.84. The van der Waals surface area contributed by atoms with Crippen molar-refractivity contribution >= 4 is 10.8 Å². The smallest absolute Gasteiger partial charge is 0.0305 e. The second-order valence-electron chi connectivity index (χ2n) is 8.45. The maximum absolute atomic E-state index is 4.28. The molecule has 3 rings (SSSR count). The van der Waals surface area contributed by atoms with Gasteiger partial charge in [-0.25, -0.2) is 0 Å². The average molecular weight is 317 g/mol. The van der Waals surface area contributed by atoms with Crippen LogP contribution >= 0.6 is 0 Å². The molecule has 0 saturated heterocycles. The van der Waals surface area contributed by atoms with E-state index in [4.69, 9.17) is 0 Å². The predicted molar refractivity (Wildman–Crippen MR) is 104 cm³/mol. The van der Waals surface area contributed by atoms with E-state index in [0.717, 1.165) is 6.42 Å². The van der Waals surface area contributed by atoms with Crippen LogP contribution in [0, 0.1) is 0 Å². The predicted octanol–water partition coefficient (Wildman–Crippen LogP) is 6.05. The zero-order chi connectivity index (χ0) is 17.4. The fourth-order valence-corrected chi connectivity index (χ4v) is 3.25. The number of aromatic nitrogens is 1. The molecule has 0 fully saturated rings. The van der Waals surface area contributed by atoms with Gasteiger partial charge in [0.25, 0.3) is 0 Å². The summed E-state index contributed by atoms with van der Waals surface area (Å²) in [6.45, 7) is 11.4. The van der Waals surface area contributed by atoms with Crippen molar-refractivity contribution in [3.63, 3.8) is 0 Å². The van der Waals surface area contributed by atoms with Crippen molar-refractivity contribution in [2.75, 3.05) is 0 Å². The molecule has 3 aromatic rings. The molecule has 0 saturated carbocycles. The molecule has 0 aliphatic heterocycles. The lowest BCUT2D eigenvalue weighted by atomic mass is 9.79. The van der Waals surface area contributed by atoms with Crippen LogP contribution < -0.4 is 0 Å². The summed E-state index contributed by atoms with van der Waals surface area (Å²) in [5, 5.41) is 2.65. The number of rotatable bonds is 3. The molecule has 0 bridgehead atoms. The zero-order valence-electron chi connectivity index (χ0n) is 15.4. The van der Waals surface area contributed by atoms with Gasteiger partial charge < -0.3 is 0 Å².